The van der Waals surface area contributed by atoms with Gasteiger partial charge in [0.15, 0.2) is 0 Å². The highest BCUT2D eigenvalue weighted by Gasteiger charge is 2.35. The number of anilines is 2. The standard InChI is InChI=1S/C29H27F4N5O2.C23H18F2N4O3/c1-17(18-5-7-19(8-6-18)27(40)36-21-11-13-29(32,33)14-12-21)35-28-34-15-20-9-10-25(39)38(26(20)37-28)16-22-23(30)3-2-4-24(22)31;1-13(14-5-7-15(8-6-14)22(31)32)27-23-26-11-16-9-10-20(30)29(21(16)28-23)12-17-18(24)3-2-4-19(17)25/h2-10,15,17,21H,11-14,16H2,1H3,(H,36,40)(H,34,35,37);2-11,13H,12H2,1H3,(H,31,32)(H,26,27,28)/t17-;13-/m00/s1. The lowest BCUT2D eigenvalue weighted by Gasteiger charge is -2.28. The van der Waals surface area contributed by atoms with Crippen molar-refractivity contribution in [1.29, 1.82) is 0 Å². The molecule has 1 aliphatic rings. The minimum absolute atomic E-state index is 0.173. The number of carboxylic acid groups (broad SMARTS) is 1. The van der Waals surface area contributed by atoms with E-state index in [4.69, 9.17) is 5.11 Å². The third kappa shape index (κ3) is 11.6. The Kier molecular flexibility index (Phi) is 14.8. The van der Waals surface area contributed by atoms with Crippen LogP contribution in [0.1, 0.15) is 94.6 Å². The molecular weight excluding hydrogens is 945 g/mol. The van der Waals surface area contributed by atoms with Crippen LogP contribution >= 0.6 is 0 Å². The number of halogens is 6. The zero-order valence-electron chi connectivity index (χ0n) is 38.6. The van der Waals surface area contributed by atoms with Crippen molar-refractivity contribution in [2.45, 2.75) is 76.7 Å². The van der Waals surface area contributed by atoms with E-state index in [1.54, 1.807) is 48.5 Å². The normalized spacial score (nSPS) is 14.2. The van der Waals surface area contributed by atoms with Crippen molar-refractivity contribution in [3.8, 4) is 0 Å². The minimum atomic E-state index is -2.66. The van der Waals surface area contributed by atoms with Crippen LogP contribution in [-0.4, -0.2) is 58.0 Å². The molecule has 1 amide bonds. The van der Waals surface area contributed by atoms with Gasteiger partial charge in [0.1, 0.15) is 34.6 Å². The lowest BCUT2D eigenvalue weighted by atomic mass is 9.92. The molecule has 1 saturated carbocycles. The second-order valence-electron chi connectivity index (χ2n) is 17.2. The van der Waals surface area contributed by atoms with Crippen LogP contribution in [0.4, 0.5) is 38.2 Å². The maximum Gasteiger partial charge on any atom is 0.335 e. The fraction of sp³-hybridized carbons (Fsp3) is 0.231. The van der Waals surface area contributed by atoms with Crippen LogP contribution in [0.25, 0.3) is 22.1 Å². The summed E-state index contributed by atoms with van der Waals surface area (Å²) in [5.74, 6) is -6.60. The Morgan fingerprint density at radius 2 is 1.03 bits per heavy atom. The molecule has 8 aromatic rings. The highest BCUT2D eigenvalue weighted by atomic mass is 19.3. The number of benzene rings is 4. The van der Waals surface area contributed by atoms with E-state index in [9.17, 15) is 45.5 Å². The number of fused-ring (bicyclic) bond motifs is 2. The van der Waals surface area contributed by atoms with Gasteiger partial charge in [-0.25, -0.2) is 41.1 Å². The number of rotatable bonds is 13. The second kappa shape index (κ2) is 21.3. The molecule has 20 heteroatoms. The van der Waals surface area contributed by atoms with Crippen LogP contribution in [0.3, 0.4) is 0 Å². The Hall–Kier alpha value is -8.42. The van der Waals surface area contributed by atoms with Gasteiger partial charge in [-0.05, 0) is 98.5 Å². The molecule has 0 bridgehead atoms. The molecule has 0 spiro atoms. The molecule has 1 fully saturated rings. The fourth-order valence-corrected chi connectivity index (χ4v) is 8.12. The zero-order valence-corrected chi connectivity index (χ0v) is 38.6. The van der Waals surface area contributed by atoms with Gasteiger partial charge in [0.05, 0.1) is 30.7 Å². The summed E-state index contributed by atoms with van der Waals surface area (Å²) in [5, 5.41) is 19.2. The summed E-state index contributed by atoms with van der Waals surface area (Å²) >= 11 is 0. The first-order valence-electron chi connectivity index (χ1n) is 22.7. The first kappa shape index (κ1) is 50.0. The third-order valence-electron chi connectivity index (χ3n) is 12.3. The van der Waals surface area contributed by atoms with Crippen LogP contribution in [0.5, 0.6) is 0 Å². The van der Waals surface area contributed by atoms with Crippen molar-refractivity contribution in [3.63, 3.8) is 0 Å². The van der Waals surface area contributed by atoms with Crippen LogP contribution in [0.2, 0.25) is 0 Å². The van der Waals surface area contributed by atoms with E-state index < -0.39 is 46.3 Å². The van der Waals surface area contributed by atoms with Crippen LogP contribution in [-0.2, 0) is 13.1 Å². The predicted octanol–water partition coefficient (Wildman–Crippen LogP) is 9.59. The van der Waals surface area contributed by atoms with Crippen molar-refractivity contribution in [2.75, 3.05) is 10.6 Å². The number of aromatic carboxylic acids is 1. The summed E-state index contributed by atoms with van der Waals surface area (Å²) < 4.78 is 86.0. The van der Waals surface area contributed by atoms with Gasteiger partial charge in [-0.2, -0.15) is 9.97 Å². The molecule has 4 N–H and O–H groups in total. The molecule has 4 aromatic carbocycles. The molecule has 0 radical (unpaired) electrons. The Morgan fingerprint density at radius 3 is 1.43 bits per heavy atom. The van der Waals surface area contributed by atoms with Gasteiger partial charge in [0.2, 0.25) is 17.8 Å². The summed E-state index contributed by atoms with van der Waals surface area (Å²) in [6.07, 6.45) is 3.05. The molecule has 2 atom stereocenters. The van der Waals surface area contributed by atoms with E-state index in [0.717, 1.165) is 35.4 Å². The molecule has 4 aromatic heterocycles. The number of amides is 1. The lowest BCUT2D eigenvalue weighted by Crippen LogP contribution is -2.40. The highest BCUT2D eigenvalue weighted by molar-refractivity contribution is 5.94. The van der Waals surface area contributed by atoms with Gasteiger partial charge in [-0.1, -0.05) is 36.4 Å². The number of hydrogen-bond donors (Lipinski definition) is 4. The summed E-state index contributed by atoms with van der Waals surface area (Å²) in [5.41, 5.74) is 1.25. The molecule has 0 saturated heterocycles. The fourth-order valence-electron chi connectivity index (χ4n) is 8.12. The molecule has 4 heterocycles. The first-order valence-corrected chi connectivity index (χ1v) is 22.7. The number of nitrogens with one attached hydrogen (secondary N) is 3. The number of pyridine rings is 2. The average molecular weight is 990 g/mol. The highest BCUT2D eigenvalue weighted by Crippen LogP contribution is 2.33. The number of nitrogens with zero attached hydrogens (tertiary/aromatic N) is 6. The van der Waals surface area contributed by atoms with Gasteiger partial charge >= 0.3 is 5.97 Å². The van der Waals surface area contributed by atoms with E-state index in [1.165, 1.54) is 57.9 Å². The van der Waals surface area contributed by atoms with Crippen molar-refractivity contribution in [2.24, 2.45) is 0 Å². The summed E-state index contributed by atoms with van der Waals surface area (Å²) in [4.78, 5) is 66.1. The number of carbonyl (C=O) groups excluding carboxylic acids is 1. The quantitative estimate of drug-likeness (QED) is 0.0807. The van der Waals surface area contributed by atoms with Gasteiger partial charge < -0.3 is 21.1 Å². The molecule has 370 valence electrons. The maximum absolute atomic E-state index is 14.3. The van der Waals surface area contributed by atoms with E-state index in [2.05, 4.69) is 35.9 Å². The Morgan fingerprint density at radius 1 is 0.625 bits per heavy atom. The van der Waals surface area contributed by atoms with E-state index in [0.29, 0.717) is 16.3 Å². The monoisotopic (exact) mass is 989 g/mol. The molecule has 72 heavy (non-hydrogen) atoms. The number of alkyl halides is 2. The average Bonchev–Trinajstić information content (AvgIpc) is 3.36. The topological polar surface area (TPSA) is 186 Å². The van der Waals surface area contributed by atoms with E-state index >= 15 is 0 Å². The van der Waals surface area contributed by atoms with E-state index in [-0.39, 0.29) is 103 Å². The molecule has 0 unspecified atom stereocenters. The largest absolute Gasteiger partial charge is 0.478 e. The van der Waals surface area contributed by atoms with Gasteiger partial charge in [0.25, 0.3) is 17.0 Å². The Labute approximate surface area is 406 Å². The lowest BCUT2D eigenvalue weighted by molar-refractivity contribution is -0.0399. The van der Waals surface area contributed by atoms with Crippen molar-refractivity contribution in [3.05, 3.63) is 199 Å². The molecule has 9 rings (SSSR count). The van der Waals surface area contributed by atoms with Crippen molar-refractivity contribution in [1.82, 2.24) is 34.4 Å². The van der Waals surface area contributed by atoms with Gasteiger partial charge in [-0.3, -0.25) is 23.5 Å². The second-order valence-corrected chi connectivity index (χ2v) is 17.2. The van der Waals surface area contributed by atoms with Crippen LogP contribution < -0.4 is 27.1 Å². The smallest absolute Gasteiger partial charge is 0.335 e. The molecule has 1 aliphatic carbocycles. The zero-order chi connectivity index (χ0) is 51.3. The number of carboxylic acids is 1. The summed E-state index contributed by atoms with van der Waals surface area (Å²) in [7, 11) is 0. The van der Waals surface area contributed by atoms with Gasteiger partial charge in [0, 0.05) is 70.9 Å². The van der Waals surface area contributed by atoms with Crippen molar-refractivity contribution >= 4 is 45.8 Å². The summed E-state index contributed by atoms with van der Waals surface area (Å²) in [6, 6.07) is 25.1. The number of aromatic nitrogens is 6. The first-order chi connectivity index (χ1) is 34.4. The van der Waals surface area contributed by atoms with Crippen LogP contribution in [0.15, 0.2) is 131 Å². The van der Waals surface area contributed by atoms with Crippen LogP contribution in [0, 0.1) is 23.3 Å². The molecule has 14 nitrogen and oxygen atoms in total. The Balaban J connectivity index is 0.000000197. The predicted molar refractivity (Wildman–Crippen MR) is 257 cm³/mol. The molecule has 0 aliphatic heterocycles. The van der Waals surface area contributed by atoms with E-state index in [1.807, 2.05) is 13.8 Å². The van der Waals surface area contributed by atoms with Gasteiger partial charge in [-0.15, -0.1) is 0 Å². The number of carbonyl (C=O) groups is 2. The SMILES string of the molecule is C[C@H](Nc1ncc2ccc(=O)n(Cc3c(F)cccc3F)c2n1)c1ccc(C(=O)NC2CCC(F)(F)CC2)cc1.C[C@H](Nc1ncc2ccc(=O)n(Cc3c(F)cccc3F)c2n1)c1ccc(C(=O)O)cc1. The molecular formula is C52H45F6N9O5. The summed E-state index contributed by atoms with van der Waals surface area (Å²) in [6.45, 7) is 3.04. The Bertz CT molecular complexity index is 3380. The number of hydrogen-bond acceptors (Lipinski definition) is 10. The minimum Gasteiger partial charge on any atom is -0.478 e. The third-order valence-corrected chi connectivity index (χ3v) is 12.3. The van der Waals surface area contributed by atoms with Crippen molar-refractivity contribution < 1.29 is 41.0 Å². The maximum atomic E-state index is 14.3.